The summed E-state index contributed by atoms with van der Waals surface area (Å²) in [6.45, 7) is 4.19. The Morgan fingerprint density at radius 3 is 2.50 bits per heavy atom. The van der Waals surface area contributed by atoms with Crippen LogP contribution < -0.4 is 0 Å². The van der Waals surface area contributed by atoms with Crippen molar-refractivity contribution in [2.24, 2.45) is 5.41 Å². The molecule has 0 aromatic heterocycles. The van der Waals surface area contributed by atoms with E-state index in [1.807, 2.05) is 0 Å². The van der Waals surface area contributed by atoms with E-state index in [0.717, 1.165) is 12.8 Å². The lowest BCUT2D eigenvalue weighted by Crippen LogP contribution is -2.15. The van der Waals surface area contributed by atoms with Gasteiger partial charge in [0.05, 0.1) is 0 Å². The fourth-order valence-corrected chi connectivity index (χ4v) is 1.59. The van der Waals surface area contributed by atoms with E-state index in [1.54, 1.807) is 6.08 Å². The molecule has 0 saturated carbocycles. The van der Waals surface area contributed by atoms with Crippen LogP contribution in [-0.2, 0) is 4.18 Å². The number of alkyl halides is 3. The first-order valence-corrected chi connectivity index (χ1v) is 5.14. The lowest BCUT2D eigenvalue weighted by molar-refractivity contribution is -0.0386. The molecule has 0 radical (unpaired) electrons. The molecule has 0 atom stereocenters. The summed E-state index contributed by atoms with van der Waals surface area (Å²) in [4.78, 5) is 0. The van der Waals surface area contributed by atoms with Gasteiger partial charge in [-0.3, -0.25) is 0 Å². The molecule has 0 aliphatic heterocycles. The zero-order chi connectivity index (χ0) is 10.8. The van der Waals surface area contributed by atoms with Gasteiger partial charge in [-0.15, -0.1) is 0 Å². The maximum Gasteiger partial charge on any atom is 0.479 e. The van der Waals surface area contributed by atoms with Gasteiger partial charge in [-0.05, 0) is 24.3 Å². The SMILES string of the molecule is CC1(C)CC=C(OSC(F)(F)F)CC1. The minimum Gasteiger partial charge on any atom is -0.422 e. The largest absolute Gasteiger partial charge is 0.479 e. The van der Waals surface area contributed by atoms with Crippen molar-refractivity contribution in [2.45, 2.75) is 38.6 Å². The highest BCUT2D eigenvalue weighted by atomic mass is 32.2. The summed E-state index contributed by atoms with van der Waals surface area (Å²) in [5.41, 5.74) is -4.12. The first kappa shape index (κ1) is 11.8. The quantitative estimate of drug-likeness (QED) is 0.650. The lowest BCUT2D eigenvalue weighted by Gasteiger charge is -2.27. The van der Waals surface area contributed by atoms with E-state index in [0.29, 0.717) is 12.2 Å². The summed E-state index contributed by atoms with van der Waals surface area (Å²) in [7, 11) is 0. The third kappa shape index (κ3) is 4.26. The molecule has 0 amide bonds. The third-order valence-corrected chi connectivity index (χ3v) is 2.66. The predicted molar refractivity (Wildman–Crippen MR) is 50.4 cm³/mol. The number of hydrogen-bond donors (Lipinski definition) is 0. The van der Waals surface area contributed by atoms with Gasteiger partial charge < -0.3 is 4.18 Å². The standard InChI is InChI=1S/C9H13F3OS/c1-8(2)5-3-7(4-6-8)13-14-9(10,11)12/h3H,4-6H2,1-2H3. The number of allylic oxidation sites excluding steroid dienone is 2. The van der Waals surface area contributed by atoms with Crippen molar-refractivity contribution in [2.75, 3.05) is 0 Å². The smallest absolute Gasteiger partial charge is 0.422 e. The molecule has 14 heavy (non-hydrogen) atoms. The maximum absolute atomic E-state index is 11.8. The Hall–Kier alpha value is -0.320. The van der Waals surface area contributed by atoms with E-state index in [-0.39, 0.29) is 5.41 Å². The van der Waals surface area contributed by atoms with Crippen LogP contribution in [0.5, 0.6) is 0 Å². The summed E-state index contributed by atoms with van der Waals surface area (Å²) in [6, 6.07) is 0. The van der Waals surface area contributed by atoms with Gasteiger partial charge in [0.25, 0.3) is 0 Å². The molecule has 0 N–H and O–H groups in total. The van der Waals surface area contributed by atoms with Crippen LogP contribution in [-0.4, -0.2) is 5.51 Å². The minimum absolute atomic E-state index is 0.190. The van der Waals surface area contributed by atoms with Gasteiger partial charge >= 0.3 is 5.51 Å². The molecule has 5 heteroatoms. The summed E-state index contributed by atoms with van der Waals surface area (Å²) >= 11 is -0.428. The highest BCUT2D eigenvalue weighted by molar-refractivity contribution is 7.95. The molecule has 1 aliphatic carbocycles. The van der Waals surface area contributed by atoms with Crippen molar-refractivity contribution >= 4 is 12.0 Å². The van der Waals surface area contributed by atoms with Crippen molar-refractivity contribution in [3.63, 3.8) is 0 Å². The van der Waals surface area contributed by atoms with E-state index in [2.05, 4.69) is 18.0 Å². The number of rotatable bonds is 2. The highest BCUT2D eigenvalue weighted by Gasteiger charge is 2.32. The Labute approximate surface area is 85.9 Å². The number of hydrogen-bond acceptors (Lipinski definition) is 2. The molecule has 82 valence electrons. The first-order chi connectivity index (χ1) is 6.29. The molecule has 1 nitrogen and oxygen atoms in total. The molecule has 0 fully saturated rings. The Bertz CT molecular complexity index is 233. The van der Waals surface area contributed by atoms with Crippen LogP contribution in [0.25, 0.3) is 0 Å². The van der Waals surface area contributed by atoms with Gasteiger partial charge in [-0.25, -0.2) is 0 Å². The zero-order valence-corrected chi connectivity index (χ0v) is 8.97. The van der Waals surface area contributed by atoms with E-state index in [4.69, 9.17) is 0 Å². The van der Waals surface area contributed by atoms with Crippen molar-refractivity contribution in [3.05, 3.63) is 11.8 Å². The number of halogens is 3. The molecule has 0 bridgehead atoms. The Balaban J connectivity index is 2.38. The predicted octanol–water partition coefficient (Wildman–Crippen LogP) is 4.27. The van der Waals surface area contributed by atoms with Gasteiger partial charge in [0, 0.05) is 6.42 Å². The van der Waals surface area contributed by atoms with Gasteiger partial charge in [0.2, 0.25) is 0 Å². The van der Waals surface area contributed by atoms with Crippen LogP contribution in [0.2, 0.25) is 0 Å². The average Bonchev–Trinajstić information content (AvgIpc) is 2.01. The molecule has 0 aromatic rings. The van der Waals surface area contributed by atoms with Crippen molar-refractivity contribution in [1.82, 2.24) is 0 Å². The summed E-state index contributed by atoms with van der Waals surface area (Å²) in [6.07, 6.45) is 4.00. The second kappa shape index (κ2) is 4.04. The first-order valence-electron chi connectivity index (χ1n) is 4.40. The molecule has 0 heterocycles. The van der Waals surface area contributed by atoms with Gasteiger partial charge in [0.1, 0.15) is 5.76 Å². The van der Waals surface area contributed by atoms with Crippen LogP contribution in [0.3, 0.4) is 0 Å². The molecule has 0 saturated heterocycles. The second-order valence-electron chi connectivity index (χ2n) is 4.15. The third-order valence-electron chi connectivity index (χ3n) is 2.17. The van der Waals surface area contributed by atoms with Crippen LogP contribution in [0.1, 0.15) is 33.1 Å². The van der Waals surface area contributed by atoms with Gasteiger partial charge in [-0.1, -0.05) is 13.8 Å². The normalized spacial score (nSPS) is 21.6. The fraction of sp³-hybridized carbons (Fsp3) is 0.778. The molecular formula is C9H13F3OS. The lowest BCUT2D eigenvalue weighted by atomic mass is 9.80. The monoisotopic (exact) mass is 226 g/mol. The fourth-order valence-electron chi connectivity index (χ4n) is 1.23. The van der Waals surface area contributed by atoms with Crippen molar-refractivity contribution < 1.29 is 17.4 Å². The van der Waals surface area contributed by atoms with E-state index in [9.17, 15) is 13.2 Å². The summed E-state index contributed by atoms with van der Waals surface area (Å²) in [5.74, 6) is 0.451. The van der Waals surface area contributed by atoms with Crippen LogP contribution >= 0.6 is 12.0 Å². The molecule has 1 aliphatic rings. The molecular weight excluding hydrogens is 213 g/mol. The average molecular weight is 226 g/mol. The Morgan fingerprint density at radius 1 is 1.43 bits per heavy atom. The molecule has 0 aromatic carbocycles. The van der Waals surface area contributed by atoms with Gasteiger partial charge in [-0.2, -0.15) is 13.2 Å². The molecule has 0 unspecified atom stereocenters. The van der Waals surface area contributed by atoms with Crippen LogP contribution in [0, 0.1) is 5.41 Å². The second-order valence-corrected chi connectivity index (χ2v) is 4.95. The highest BCUT2D eigenvalue weighted by Crippen LogP contribution is 2.39. The van der Waals surface area contributed by atoms with Crippen LogP contribution in [0.15, 0.2) is 11.8 Å². The van der Waals surface area contributed by atoms with E-state index < -0.39 is 17.6 Å². The van der Waals surface area contributed by atoms with E-state index >= 15 is 0 Å². The van der Waals surface area contributed by atoms with E-state index in [1.165, 1.54) is 0 Å². The van der Waals surface area contributed by atoms with Gasteiger partial charge in [0.15, 0.2) is 12.0 Å². The zero-order valence-electron chi connectivity index (χ0n) is 8.15. The van der Waals surface area contributed by atoms with Crippen LogP contribution in [0.4, 0.5) is 13.2 Å². The van der Waals surface area contributed by atoms with Crippen molar-refractivity contribution in [1.29, 1.82) is 0 Å². The summed E-state index contributed by atoms with van der Waals surface area (Å²) < 4.78 is 39.9. The minimum atomic E-state index is -4.31. The van der Waals surface area contributed by atoms with Crippen molar-refractivity contribution in [3.8, 4) is 0 Å². The topological polar surface area (TPSA) is 9.23 Å². The maximum atomic E-state index is 11.8. The Kier molecular flexibility index (Phi) is 3.40. The summed E-state index contributed by atoms with van der Waals surface area (Å²) in [5, 5.41) is 0. The molecule has 1 rings (SSSR count). The molecule has 0 spiro atoms. The Morgan fingerprint density at radius 2 is 2.07 bits per heavy atom.